The molecule has 1 aromatic rings. The van der Waals surface area contributed by atoms with E-state index < -0.39 is 0 Å². The Bertz CT molecular complexity index is 533. The lowest BCUT2D eigenvalue weighted by Gasteiger charge is -2.03. The molecule has 1 aromatic heterocycles. The summed E-state index contributed by atoms with van der Waals surface area (Å²) in [6, 6.07) is 0. The molecule has 0 aliphatic carbocycles. The molecule has 0 spiro atoms. The molecule has 0 amide bonds. The van der Waals surface area contributed by atoms with Gasteiger partial charge in [0.1, 0.15) is 22.8 Å². The highest BCUT2D eigenvalue weighted by atomic mass is 16.3. The number of allylic oxidation sites excluding steroid dienone is 5. The first-order valence-corrected chi connectivity index (χ1v) is 5.59. The van der Waals surface area contributed by atoms with E-state index in [1.54, 1.807) is 31.2 Å². The van der Waals surface area contributed by atoms with Crippen LogP contribution < -0.4 is 0 Å². The van der Waals surface area contributed by atoms with E-state index in [-0.39, 0.29) is 5.76 Å². The van der Waals surface area contributed by atoms with Crippen LogP contribution in [0.25, 0.3) is 17.8 Å². The molecule has 0 aliphatic heterocycles. The predicted octanol–water partition coefficient (Wildman–Crippen LogP) is 3.44. The van der Waals surface area contributed by atoms with E-state index in [1.807, 2.05) is 19.1 Å². The molecule has 0 fully saturated rings. The number of rotatable bonds is 5. The molecule has 0 unspecified atom stereocenters. The third-order valence-corrected chi connectivity index (χ3v) is 2.21. The molecule has 1 heterocycles. The van der Waals surface area contributed by atoms with Gasteiger partial charge in [-0.3, -0.25) is 0 Å². The van der Waals surface area contributed by atoms with Crippen LogP contribution in [0.5, 0.6) is 0 Å². The number of aliphatic hydroxyl groups is 1. The Morgan fingerprint density at radius 1 is 1.22 bits per heavy atom. The number of aromatic nitrogens is 3. The van der Waals surface area contributed by atoms with Gasteiger partial charge in [0.2, 0.25) is 0 Å². The quantitative estimate of drug-likeness (QED) is 0.636. The Balaban J connectivity index is 3.35. The molecule has 4 heteroatoms. The van der Waals surface area contributed by atoms with Crippen LogP contribution >= 0.6 is 0 Å². The molecular weight excluding hydrogens is 226 g/mol. The maximum atomic E-state index is 9.81. The van der Waals surface area contributed by atoms with Crippen molar-refractivity contribution in [3.8, 4) is 0 Å². The van der Waals surface area contributed by atoms with Gasteiger partial charge in [0, 0.05) is 0 Å². The highest BCUT2D eigenvalue weighted by molar-refractivity contribution is 5.63. The van der Waals surface area contributed by atoms with Gasteiger partial charge in [-0.05, 0) is 38.2 Å². The van der Waals surface area contributed by atoms with Crippen LogP contribution in [0.3, 0.4) is 0 Å². The minimum Gasteiger partial charge on any atom is -0.506 e. The van der Waals surface area contributed by atoms with Gasteiger partial charge in [-0.25, -0.2) is 0 Å². The van der Waals surface area contributed by atoms with Crippen LogP contribution in [0.4, 0.5) is 0 Å². The van der Waals surface area contributed by atoms with Crippen LogP contribution in [0.2, 0.25) is 0 Å². The van der Waals surface area contributed by atoms with Gasteiger partial charge >= 0.3 is 0 Å². The van der Waals surface area contributed by atoms with Gasteiger partial charge < -0.3 is 5.11 Å². The SMILES string of the molecule is C=C/C=C(\C(O)=C/C)n1nc(C=C)c(/C=C\C)n1. The standard InChI is InChI=1S/C14H17N3O/c1-5-9-12-11(7-3)15-17(16-12)13(10-6-2)14(18)8-4/h5-10,18H,2-3H2,1,4H3/b9-5-,13-10+,14-8+. The Kier molecular flexibility index (Phi) is 4.87. The first-order chi connectivity index (χ1) is 8.67. The highest BCUT2D eigenvalue weighted by Crippen LogP contribution is 2.15. The molecule has 18 heavy (non-hydrogen) atoms. The fourth-order valence-corrected chi connectivity index (χ4v) is 1.37. The summed E-state index contributed by atoms with van der Waals surface area (Å²) in [5.41, 5.74) is 1.82. The lowest BCUT2D eigenvalue weighted by Crippen LogP contribution is -2.04. The van der Waals surface area contributed by atoms with Crippen molar-refractivity contribution in [3.05, 3.63) is 54.6 Å². The van der Waals surface area contributed by atoms with E-state index in [1.165, 1.54) is 4.80 Å². The first kappa shape index (κ1) is 13.7. The monoisotopic (exact) mass is 243 g/mol. The number of aliphatic hydroxyl groups excluding tert-OH is 1. The van der Waals surface area contributed by atoms with Crippen molar-refractivity contribution in [3.63, 3.8) is 0 Å². The van der Waals surface area contributed by atoms with Crippen molar-refractivity contribution in [2.75, 3.05) is 0 Å². The van der Waals surface area contributed by atoms with Crippen molar-refractivity contribution in [2.45, 2.75) is 13.8 Å². The van der Waals surface area contributed by atoms with Crippen molar-refractivity contribution < 1.29 is 5.11 Å². The van der Waals surface area contributed by atoms with E-state index in [9.17, 15) is 5.11 Å². The van der Waals surface area contributed by atoms with Gasteiger partial charge in [0.15, 0.2) is 0 Å². The molecule has 0 saturated carbocycles. The third-order valence-electron chi connectivity index (χ3n) is 2.21. The number of hydrogen-bond acceptors (Lipinski definition) is 3. The topological polar surface area (TPSA) is 50.9 Å². The van der Waals surface area contributed by atoms with Crippen molar-refractivity contribution in [1.29, 1.82) is 0 Å². The zero-order valence-electron chi connectivity index (χ0n) is 10.7. The summed E-state index contributed by atoms with van der Waals surface area (Å²) >= 11 is 0. The summed E-state index contributed by atoms with van der Waals surface area (Å²) in [6.45, 7) is 10.9. The largest absolute Gasteiger partial charge is 0.506 e. The number of nitrogens with zero attached hydrogens (tertiary/aromatic N) is 3. The fourth-order valence-electron chi connectivity index (χ4n) is 1.37. The lowest BCUT2D eigenvalue weighted by molar-refractivity contribution is 0.427. The van der Waals surface area contributed by atoms with E-state index in [4.69, 9.17) is 0 Å². The third kappa shape index (κ3) is 2.85. The molecule has 1 N–H and O–H groups in total. The molecule has 0 saturated heterocycles. The molecule has 0 aromatic carbocycles. The Morgan fingerprint density at radius 3 is 2.39 bits per heavy atom. The average molecular weight is 243 g/mol. The molecule has 94 valence electrons. The molecular formula is C14H17N3O. The molecule has 1 rings (SSSR count). The molecule has 0 radical (unpaired) electrons. The van der Waals surface area contributed by atoms with E-state index in [0.717, 1.165) is 0 Å². The normalized spacial score (nSPS) is 13.0. The van der Waals surface area contributed by atoms with Crippen molar-refractivity contribution in [2.24, 2.45) is 0 Å². The highest BCUT2D eigenvalue weighted by Gasteiger charge is 2.11. The van der Waals surface area contributed by atoms with Crippen LogP contribution in [0, 0.1) is 0 Å². The average Bonchev–Trinajstić information content (AvgIpc) is 2.78. The van der Waals surface area contributed by atoms with Gasteiger partial charge in [0.05, 0.1) is 0 Å². The van der Waals surface area contributed by atoms with Crippen molar-refractivity contribution >= 4 is 17.8 Å². The van der Waals surface area contributed by atoms with Gasteiger partial charge in [-0.2, -0.15) is 0 Å². The second-order valence-corrected chi connectivity index (χ2v) is 3.43. The zero-order valence-corrected chi connectivity index (χ0v) is 10.7. The Hall–Kier alpha value is -2.36. The maximum Gasteiger partial charge on any atom is 0.138 e. The van der Waals surface area contributed by atoms with Crippen LogP contribution in [-0.4, -0.2) is 20.1 Å². The molecule has 0 bridgehead atoms. The minimum absolute atomic E-state index is 0.0903. The summed E-state index contributed by atoms with van der Waals surface area (Å²) in [4.78, 5) is 1.36. The summed E-state index contributed by atoms with van der Waals surface area (Å²) < 4.78 is 0. The van der Waals surface area contributed by atoms with Gasteiger partial charge in [-0.1, -0.05) is 25.3 Å². The van der Waals surface area contributed by atoms with Crippen LogP contribution in [0.1, 0.15) is 25.2 Å². The van der Waals surface area contributed by atoms with E-state index in [0.29, 0.717) is 17.1 Å². The summed E-state index contributed by atoms with van der Waals surface area (Å²) in [5, 5.41) is 18.3. The second kappa shape index (κ2) is 6.39. The molecule has 0 atom stereocenters. The zero-order chi connectivity index (χ0) is 13.5. The Labute approximate surface area is 107 Å². The summed E-state index contributed by atoms with van der Waals surface area (Å²) in [7, 11) is 0. The molecule has 0 aliphatic rings. The van der Waals surface area contributed by atoms with E-state index in [2.05, 4.69) is 23.4 Å². The Morgan fingerprint density at radius 2 is 1.89 bits per heavy atom. The summed E-state index contributed by atoms with van der Waals surface area (Å²) in [6.07, 6.45) is 10.1. The van der Waals surface area contributed by atoms with Crippen molar-refractivity contribution in [1.82, 2.24) is 15.0 Å². The first-order valence-electron chi connectivity index (χ1n) is 5.59. The lowest BCUT2D eigenvalue weighted by atomic mass is 10.3. The van der Waals surface area contributed by atoms with Gasteiger partial charge in [-0.15, -0.1) is 15.0 Å². The smallest absolute Gasteiger partial charge is 0.138 e. The predicted molar refractivity (Wildman–Crippen MR) is 75.7 cm³/mol. The molecule has 4 nitrogen and oxygen atoms in total. The van der Waals surface area contributed by atoms with E-state index >= 15 is 0 Å². The van der Waals surface area contributed by atoms with Crippen LogP contribution in [0.15, 0.2) is 43.2 Å². The second-order valence-electron chi connectivity index (χ2n) is 3.43. The fraction of sp³-hybridized carbons (Fsp3) is 0.143. The number of hydrogen-bond donors (Lipinski definition) is 1. The maximum absolute atomic E-state index is 9.81. The minimum atomic E-state index is 0.0903. The summed E-state index contributed by atoms with van der Waals surface area (Å²) in [5.74, 6) is 0.0903. The van der Waals surface area contributed by atoms with Gasteiger partial charge in [0.25, 0.3) is 0 Å². The van der Waals surface area contributed by atoms with Crippen LogP contribution in [-0.2, 0) is 0 Å².